The summed E-state index contributed by atoms with van der Waals surface area (Å²) >= 11 is 0. The molecule has 2 aliphatic carbocycles. The third-order valence-electron chi connectivity index (χ3n) is 8.69. The van der Waals surface area contributed by atoms with Crippen LogP contribution >= 0.6 is 0 Å². The highest BCUT2D eigenvalue weighted by molar-refractivity contribution is 5.65. The van der Waals surface area contributed by atoms with Crippen molar-refractivity contribution in [2.75, 3.05) is 6.61 Å². The van der Waals surface area contributed by atoms with E-state index in [9.17, 15) is 8.78 Å². The number of aryl methyl sites for hydroxylation is 1. The number of allylic oxidation sites excluding steroid dienone is 2. The molecule has 2 aromatic carbocycles. The van der Waals surface area contributed by atoms with Gasteiger partial charge >= 0.3 is 0 Å². The lowest BCUT2D eigenvalue weighted by molar-refractivity contribution is 0.152. The van der Waals surface area contributed by atoms with Crippen LogP contribution in [0.5, 0.6) is 5.75 Å². The molecule has 0 aromatic heterocycles. The van der Waals surface area contributed by atoms with E-state index < -0.39 is 11.6 Å². The Bertz CT molecular complexity index is 964. The summed E-state index contributed by atoms with van der Waals surface area (Å²) in [6.07, 6.45) is 21.1. The minimum atomic E-state index is -0.919. The lowest BCUT2D eigenvalue weighted by atomic mass is 9.68. The maximum absolute atomic E-state index is 14.5. The first-order valence-corrected chi connectivity index (χ1v) is 14.5. The fourth-order valence-electron chi connectivity index (χ4n) is 6.58. The highest BCUT2D eigenvalue weighted by Gasteiger charge is 2.30. The van der Waals surface area contributed by atoms with Crippen LogP contribution in [-0.2, 0) is 6.42 Å². The zero-order chi connectivity index (χ0) is 25.3. The molecular weight excluding hydrogens is 450 g/mol. The second-order valence-electron chi connectivity index (χ2n) is 11.1. The van der Waals surface area contributed by atoms with Gasteiger partial charge in [-0.25, -0.2) is 4.39 Å². The van der Waals surface area contributed by atoms with E-state index in [1.807, 2.05) is 24.3 Å². The Balaban J connectivity index is 1.20. The Kier molecular flexibility index (Phi) is 10.0. The number of rotatable bonds is 10. The summed E-state index contributed by atoms with van der Waals surface area (Å²) in [6.45, 7) is 4.39. The fraction of sp³-hybridized carbons (Fsp3) is 0.576. The molecule has 0 aliphatic heterocycles. The predicted molar refractivity (Wildman–Crippen MR) is 146 cm³/mol. The zero-order valence-electron chi connectivity index (χ0n) is 22.3. The van der Waals surface area contributed by atoms with Crippen molar-refractivity contribution in [1.29, 1.82) is 0 Å². The molecule has 3 heteroatoms. The van der Waals surface area contributed by atoms with E-state index in [2.05, 4.69) is 19.1 Å². The number of hydrogen-bond donors (Lipinski definition) is 0. The third-order valence-corrected chi connectivity index (χ3v) is 8.69. The van der Waals surface area contributed by atoms with Gasteiger partial charge in [-0.05, 0) is 105 Å². The number of benzene rings is 2. The molecular formula is C33H44F2O. The molecule has 0 unspecified atom stereocenters. The normalized spacial score (nSPS) is 24.8. The Morgan fingerprint density at radius 3 is 2.11 bits per heavy atom. The summed E-state index contributed by atoms with van der Waals surface area (Å²) in [6, 6.07) is 10.9. The molecule has 0 radical (unpaired) electrons. The first-order valence-electron chi connectivity index (χ1n) is 14.5. The summed E-state index contributed by atoms with van der Waals surface area (Å²) in [5, 5.41) is 0. The molecule has 2 aromatic rings. The maximum atomic E-state index is 14.5. The summed E-state index contributed by atoms with van der Waals surface area (Å²) < 4.78 is 33.9. The number of ether oxygens (including phenoxy) is 1. The molecule has 0 heterocycles. The number of halogens is 2. The smallest absolute Gasteiger partial charge is 0.201 e. The van der Waals surface area contributed by atoms with Crippen LogP contribution in [0.4, 0.5) is 8.78 Å². The summed E-state index contributed by atoms with van der Waals surface area (Å²) in [4.78, 5) is 0. The molecule has 0 N–H and O–H groups in total. The molecule has 0 saturated heterocycles. The van der Waals surface area contributed by atoms with Gasteiger partial charge in [-0.1, -0.05) is 69.0 Å². The monoisotopic (exact) mass is 494 g/mol. The summed E-state index contributed by atoms with van der Waals surface area (Å²) in [5.41, 5.74) is 2.17. The van der Waals surface area contributed by atoms with Gasteiger partial charge < -0.3 is 4.74 Å². The van der Waals surface area contributed by atoms with Gasteiger partial charge in [0.2, 0.25) is 5.82 Å². The molecule has 2 fully saturated rings. The Morgan fingerprint density at radius 2 is 1.47 bits per heavy atom. The van der Waals surface area contributed by atoms with Crippen LogP contribution in [0.1, 0.15) is 90.0 Å². The van der Waals surface area contributed by atoms with E-state index in [4.69, 9.17) is 4.74 Å². The topological polar surface area (TPSA) is 9.23 Å². The van der Waals surface area contributed by atoms with E-state index in [1.165, 1.54) is 75.8 Å². The van der Waals surface area contributed by atoms with Crippen molar-refractivity contribution in [2.45, 2.75) is 90.9 Å². The quantitative estimate of drug-likeness (QED) is 0.299. The van der Waals surface area contributed by atoms with Crippen LogP contribution in [0.3, 0.4) is 0 Å². The molecule has 0 atom stereocenters. The minimum Gasteiger partial charge on any atom is -0.491 e. The van der Waals surface area contributed by atoms with Crippen molar-refractivity contribution in [3.63, 3.8) is 0 Å². The van der Waals surface area contributed by atoms with Crippen molar-refractivity contribution in [3.05, 3.63) is 65.7 Å². The molecule has 1 nitrogen and oxygen atoms in total. The van der Waals surface area contributed by atoms with Crippen molar-refractivity contribution < 1.29 is 13.5 Å². The Hall–Kier alpha value is -2.16. The average molecular weight is 495 g/mol. The second-order valence-corrected chi connectivity index (χ2v) is 11.1. The fourth-order valence-corrected chi connectivity index (χ4v) is 6.58. The van der Waals surface area contributed by atoms with Crippen LogP contribution in [0.25, 0.3) is 11.1 Å². The van der Waals surface area contributed by atoms with Crippen LogP contribution in [0.2, 0.25) is 0 Å². The van der Waals surface area contributed by atoms with Gasteiger partial charge in [-0.15, -0.1) is 0 Å². The van der Waals surface area contributed by atoms with E-state index in [0.29, 0.717) is 12.2 Å². The van der Waals surface area contributed by atoms with E-state index in [1.54, 1.807) is 13.0 Å². The molecule has 2 saturated carbocycles. The molecule has 0 bridgehead atoms. The minimum absolute atomic E-state index is 0.0369. The number of hydrogen-bond acceptors (Lipinski definition) is 1. The van der Waals surface area contributed by atoms with E-state index >= 15 is 0 Å². The Labute approximate surface area is 217 Å². The standard InChI is InChI=1S/C33H44F2O/c1-3-7-24-10-16-27(17-11-24)28-18-12-25(13-19-28)8-5-6-9-26-14-20-29(21-15-26)30-22-23-31(36-4-2)33(35)32(30)34/h5,8,14-15,20-25,27-28H,3-4,6-7,9-13,16-19H2,1-2H3/b8-5+. The SMILES string of the molecule is CCCC1CCC(C2CCC(/C=C/CCc3ccc(-c4ccc(OCC)c(F)c4F)cc3)CC2)CC1. The molecule has 36 heavy (non-hydrogen) atoms. The molecule has 0 amide bonds. The van der Waals surface area contributed by atoms with Crippen molar-refractivity contribution in [2.24, 2.45) is 23.7 Å². The van der Waals surface area contributed by atoms with Gasteiger partial charge in [0, 0.05) is 5.56 Å². The second kappa shape index (κ2) is 13.4. The van der Waals surface area contributed by atoms with Gasteiger partial charge in [-0.2, -0.15) is 4.39 Å². The van der Waals surface area contributed by atoms with Gasteiger partial charge in [-0.3, -0.25) is 0 Å². The van der Waals surface area contributed by atoms with Gasteiger partial charge in [0.05, 0.1) is 6.61 Å². The lowest BCUT2D eigenvalue weighted by Gasteiger charge is -2.37. The van der Waals surface area contributed by atoms with E-state index in [-0.39, 0.29) is 11.3 Å². The largest absolute Gasteiger partial charge is 0.491 e. The average Bonchev–Trinajstić information content (AvgIpc) is 2.91. The van der Waals surface area contributed by atoms with Crippen molar-refractivity contribution in [3.8, 4) is 16.9 Å². The zero-order valence-corrected chi connectivity index (χ0v) is 22.3. The summed E-state index contributed by atoms with van der Waals surface area (Å²) in [5.74, 6) is 1.93. The van der Waals surface area contributed by atoms with Crippen LogP contribution < -0.4 is 4.74 Å². The first kappa shape index (κ1) is 26.9. The van der Waals surface area contributed by atoms with Crippen LogP contribution in [-0.4, -0.2) is 6.61 Å². The third kappa shape index (κ3) is 6.99. The highest BCUT2D eigenvalue weighted by atomic mass is 19.2. The molecule has 0 spiro atoms. The van der Waals surface area contributed by atoms with E-state index in [0.717, 1.165) is 36.5 Å². The predicted octanol–water partition coefficient (Wildman–Crippen LogP) is 9.93. The summed E-state index contributed by atoms with van der Waals surface area (Å²) in [7, 11) is 0. The Morgan fingerprint density at radius 1 is 0.806 bits per heavy atom. The highest BCUT2D eigenvalue weighted by Crippen LogP contribution is 2.42. The van der Waals surface area contributed by atoms with Gasteiger partial charge in [0.25, 0.3) is 0 Å². The van der Waals surface area contributed by atoms with Crippen molar-refractivity contribution >= 4 is 0 Å². The van der Waals surface area contributed by atoms with Gasteiger partial charge in [0.15, 0.2) is 11.6 Å². The maximum Gasteiger partial charge on any atom is 0.201 e. The van der Waals surface area contributed by atoms with Crippen molar-refractivity contribution in [1.82, 2.24) is 0 Å². The molecule has 4 rings (SSSR count). The van der Waals surface area contributed by atoms with Crippen LogP contribution in [0, 0.1) is 35.3 Å². The molecule has 2 aliphatic rings. The molecule has 196 valence electrons. The van der Waals surface area contributed by atoms with Gasteiger partial charge in [0.1, 0.15) is 0 Å². The lowest BCUT2D eigenvalue weighted by Crippen LogP contribution is -2.25. The first-order chi connectivity index (χ1) is 17.6. The van der Waals surface area contributed by atoms with Crippen LogP contribution in [0.15, 0.2) is 48.6 Å².